The van der Waals surface area contributed by atoms with Gasteiger partial charge in [0.25, 0.3) is 5.91 Å². The molecule has 0 aliphatic carbocycles. The van der Waals surface area contributed by atoms with Gasteiger partial charge in [0.1, 0.15) is 0 Å². The van der Waals surface area contributed by atoms with Crippen LogP contribution in [0.5, 0.6) is 0 Å². The minimum atomic E-state index is -0.0272. The van der Waals surface area contributed by atoms with Gasteiger partial charge in [-0.05, 0) is 36.8 Å². The maximum atomic E-state index is 12.8. The Balaban J connectivity index is 1.45. The fourth-order valence-corrected chi connectivity index (χ4v) is 3.14. The van der Waals surface area contributed by atoms with E-state index in [1.54, 1.807) is 16.9 Å². The molecule has 132 valence electrons. The summed E-state index contributed by atoms with van der Waals surface area (Å²) in [6, 6.07) is 15.4. The van der Waals surface area contributed by atoms with Gasteiger partial charge < -0.3 is 9.80 Å². The summed E-state index contributed by atoms with van der Waals surface area (Å²) < 4.78 is 1.73. The summed E-state index contributed by atoms with van der Waals surface area (Å²) in [5, 5.41) is 12.6. The number of anilines is 1. The molecular formula is C19H20N6O. The smallest absolute Gasteiger partial charge is 0.274 e. The third-order valence-corrected chi connectivity index (χ3v) is 4.49. The maximum Gasteiger partial charge on any atom is 0.274 e. The number of carbonyl (C=O) groups is 1. The van der Waals surface area contributed by atoms with Crippen LogP contribution >= 0.6 is 0 Å². The summed E-state index contributed by atoms with van der Waals surface area (Å²) >= 11 is 0. The zero-order valence-electron chi connectivity index (χ0n) is 14.4. The molecule has 0 spiro atoms. The van der Waals surface area contributed by atoms with Crippen molar-refractivity contribution in [1.82, 2.24) is 24.9 Å². The van der Waals surface area contributed by atoms with Crippen LogP contribution < -0.4 is 4.90 Å². The number of carbonyl (C=O) groups excluding carboxylic acids is 1. The van der Waals surface area contributed by atoms with Gasteiger partial charge in [-0.3, -0.25) is 4.79 Å². The second kappa shape index (κ2) is 7.35. The lowest BCUT2D eigenvalue weighted by molar-refractivity contribution is 0.0760. The van der Waals surface area contributed by atoms with Gasteiger partial charge in [0.2, 0.25) is 0 Å². The van der Waals surface area contributed by atoms with Gasteiger partial charge in [-0.2, -0.15) is 10.2 Å². The molecular weight excluding hydrogens is 328 g/mol. The number of aromatic nitrogens is 4. The molecule has 1 aromatic carbocycles. The zero-order valence-corrected chi connectivity index (χ0v) is 14.4. The van der Waals surface area contributed by atoms with Crippen molar-refractivity contribution in [1.29, 1.82) is 0 Å². The Morgan fingerprint density at radius 3 is 2.62 bits per heavy atom. The molecule has 0 unspecified atom stereocenters. The van der Waals surface area contributed by atoms with E-state index >= 15 is 0 Å². The van der Waals surface area contributed by atoms with Crippen LogP contribution in [-0.2, 0) is 0 Å². The summed E-state index contributed by atoms with van der Waals surface area (Å²) in [5.74, 6) is 0.829. The highest BCUT2D eigenvalue weighted by molar-refractivity contribution is 5.92. The highest BCUT2D eigenvalue weighted by Gasteiger charge is 2.22. The molecule has 1 amide bonds. The SMILES string of the molecule is O=C(c1ccn(-c2ccccc2)n1)N1CCCN(c2cccnn2)CC1. The third-order valence-electron chi connectivity index (χ3n) is 4.49. The minimum Gasteiger partial charge on any atom is -0.353 e. The van der Waals surface area contributed by atoms with Crippen LogP contribution in [0.4, 0.5) is 5.82 Å². The standard InChI is InChI=1S/C19H20N6O/c26-19(17-9-13-25(22-17)16-6-2-1-3-7-16)24-12-5-11-23(14-15-24)18-8-4-10-20-21-18/h1-4,6-10,13H,5,11-12,14-15H2. The first kappa shape index (κ1) is 16.3. The Bertz CT molecular complexity index is 864. The van der Waals surface area contributed by atoms with Crippen molar-refractivity contribution in [3.63, 3.8) is 0 Å². The molecule has 7 nitrogen and oxygen atoms in total. The first-order chi connectivity index (χ1) is 12.8. The Morgan fingerprint density at radius 2 is 1.81 bits per heavy atom. The molecule has 0 bridgehead atoms. The van der Waals surface area contributed by atoms with Crippen molar-refractivity contribution >= 4 is 11.7 Å². The van der Waals surface area contributed by atoms with Gasteiger partial charge in [-0.15, -0.1) is 5.10 Å². The van der Waals surface area contributed by atoms with Crippen LogP contribution in [-0.4, -0.2) is 57.0 Å². The van der Waals surface area contributed by atoms with Gasteiger partial charge in [-0.1, -0.05) is 18.2 Å². The summed E-state index contributed by atoms with van der Waals surface area (Å²) in [5.41, 5.74) is 1.41. The number of hydrogen-bond acceptors (Lipinski definition) is 5. The summed E-state index contributed by atoms with van der Waals surface area (Å²) in [4.78, 5) is 16.9. The number of para-hydroxylation sites is 1. The van der Waals surface area contributed by atoms with E-state index in [1.807, 2.05) is 53.6 Å². The number of hydrogen-bond donors (Lipinski definition) is 0. The molecule has 1 aliphatic heterocycles. The average molecular weight is 348 g/mol. The number of nitrogens with zero attached hydrogens (tertiary/aromatic N) is 6. The van der Waals surface area contributed by atoms with E-state index in [0.717, 1.165) is 31.0 Å². The third kappa shape index (κ3) is 3.42. The molecule has 4 rings (SSSR count). The van der Waals surface area contributed by atoms with Crippen LogP contribution in [0, 0.1) is 0 Å². The Kier molecular flexibility index (Phi) is 4.59. The Morgan fingerprint density at radius 1 is 0.923 bits per heavy atom. The second-order valence-electron chi connectivity index (χ2n) is 6.20. The lowest BCUT2D eigenvalue weighted by Gasteiger charge is -2.21. The van der Waals surface area contributed by atoms with E-state index in [2.05, 4.69) is 20.2 Å². The quantitative estimate of drug-likeness (QED) is 0.724. The topological polar surface area (TPSA) is 67.2 Å². The van der Waals surface area contributed by atoms with E-state index in [-0.39, 0.29) is 5.91 Å². The molecule has 0 atom stereocenters. The molecule has 1 saturated heterocycles. The molecule has 3 aromatic rings. The van der Waals surface area contributed by atoms with Gasteiger partial charge in [0.05, 0.1) is 5.69 Å². The predicted octanol–water partition coefficient (Wildman–Crippen LogP) is 2.01. The second-order valence-corrected chi connectivity index (χ2v) is 6.20. The Hall–Kier alpha value is -3.22. The van der Waals surface area contributed by atoms with E-state index < -0.39 is 0 Å². The molecule has 3 heterocycles. The maximum absolute atomic E-state index is 12.8. The van der Waals surface area contributed by atoms with Crippen molar-refractivity contribution in [2.75, 3.05) is 31.1 Å². The number of benzene rings is 1. The van der Waals surface area contributed by atoms with Gasteiger partial charge in [0, 0.05) is 38.6 Å². The first-order valence-electron chi connectivity index (χ1n) is 8.74. The lowest BCUT2D eigenvalue weighted by atomic mass is 10.3. The van der Waals surface area contributed by atoms with Gasteiger partial charge in [-0.25, -0.2) is 4.68 Å². The van der Waals surface area contributed by atoms with E-state index in [9.17, 15) is 4.79 Å². The lowest BCUT2D eigenvalue weighted by Crippen LogP contribution is -2.35. The zero-order chi connectivity index (χ0) is 17.8. The molecule has 2 aromatic heterocycles. The van der Waals surface area contributed by atoms with Crippen molar-refractivity contribution < 1.29 is 4.79 Å². The van der Waals surface area contributed by atoms with Gasteiger partial charge >= 0.3 is 0 Å². The summed E-state index contributed by atoms with van der Waals surface area (Å²) in [7, 11) is 0. The normalized spacial score (nSPS) is 14.9. The summed E-state index contributed by atoms with van der Waals surface area (Å²) in [6.07, 6.45) is 4.38. The van der Waals surface area contributed by atoms with Crippen molar-refractivity contribution in [3.8, 4) is 5.69 Å². The van der Waals surface area contributed by atoms with E-state index in [0.29, 0.717) is 18.8 Å². The van der Waals surface area contributed by atoms with Crippen LogP contribution in [0.2, 0.25) is 0 Å². The van der Waals surface area contributed by atoms with Crippen molar-refractivity contribution in [3.05, 3.63) is 66.6 Å². The molecule has 1 fully saturated rings. The Labute approximate surface area is 151 Å². The minimum absolute atomic E-state index is 0.0272. The first-order valence-corrected chi connectivity index (χ1v) is 8.74. The molecule has 7 heteroatoms. The molecule has 0 saturated carbocycles. The van der Waals surface area contributed by atoms with E-state index in [4.69, 9.17) is 0 Å². The van der Waals surface area contributed by atoms with Gasteiger partial charge in [0.15, 0.2) is 11.5 Å². The largest absolute Gasteiger partial charge is 0.353 e. The summed E-state index contributed by atoms with van der Waals surface area (Å²) in [6.45, 7) is 2.96. The van der Waals surface area contributed by atoms with Crippen LogP contribution in [0.3, 0.4) is 0 Å². The predicted molar refractivity (Wildman–Crippen MR) is 98.3 cm³/mol. The fraction of sp³-hybridized carbons (Fsp3) is 0.263. The van der Waals surface area contributed by atoms with Crippen molar-refractivity contribution in [2.24, 2.45) is 0 Å². The van der Waals surface area contributed by atoms with E-state index in [1.165, 1.54) is 0 Å². The molecule has 0 radical (unpaired) electrons. The van der Waals surface area contributed by atoms with Crippen LogP contribution in [0.25, 0.3) is 5.69 Å². The molecule has 0 N–H and O–H groups in total. The molecule has 26 heavy (non-hydrogen) atoms. The highest BCUT2D eigenvalue weighted by Crippen LogP contribution is 2.14. The van der Waals surface area contributed by atoms with Crippen LogP contribution in [0.1, 0.15) is 16.9 Å². The number of amides is 1. The fourth-order valence-electron chi connectivity index (χ4n) is 3.14. The van der Waals surface area contributed by atoms with Crippen LogP contribution in [0.15, 0.2) is 60.9 Å². The average Bonchev–Trinajstić information content (AvgIpc) is 3.07. The highest BCUT2D eigenvalue weighted by atomic mass is 16.2. The van der Waals surface area contributed by atoms with Crippen molar-refractivity contribution in [2.45, 2.75) is 6.42 Å². The molecule has 1 aliphatic rings. The number of rotatable bonds is 3. The monoisotopic (exact) mass is 348 g/mol.